The van der Waals surface area contributed by atoms with Crippen molar-refractivity contribution in [2.75, 3.05) is 49.9 Å². The Labute approximate surface area is 497 Å². The van der Waals surface area contributed by atoms with Crippen molar-refractivity contribution in [3.63, 3.8) is 0 Å². The average Bonchev–Trinajstić information content (AvgIpc) is 3.82. The first-order valence-corrected chi connectivity index (χ1v) is 24.1. The fraction of sp³-hybridized carbons (Fsp3) is 0.250. The minimum Gasteiger partial charge on any atom is -0.748 e. The van der Waals surface area contributed by atoms with Gasteiger partial charge in [-0.25, -0.2) is 16.8 Å². The van der Waals surface area contributed by atoms with Gasteiger partial charge in [-0.05, 0) is 110 Å². The van der Waals surface area contributed by atoms with Crippen LogP contribution in [0.15, 0.2) is 97.1 Å². The van der Waals surface area contributed by atoms with Crippen LogP contribution >= 0.6 is 15.9 Å². The van der Waals surface area contributed by atoms with Crippen molar-refractivity contribution in [1.82, 2.24) is 0 Å². The fourth-order valence-electron chi connectivity index (χ4n) is 3.84. The molecule has 4 aromatic carbocycles. The van der Waals surface area contributed by atoms with E-state index in [-0.39, 0.29) is 142 Å². The molecule has 28 heteroatoms. The van der Waals surface area contributed by atoms with E-state index in [0.29, 0.717) is 30.1 Å². The standard InChI is InChI=1S/C18H19O5S.C9H9O2.C7H6O2.C4H8O.C2H5BrO3S.4Na.2O3S/c1-2-22-17-9-5-15(6-10-17)3-4-16-7-11-18(12-8-16)23-13-14-24(19,20)21;1-2-11-9-5-3-8(7-10)4-6-9;8-5-6-1-3-7(9)4-2-6;1-2-4-5-3-1;3-1-2-7(4,5)6;;;;;2*1-4(2)3/h3-12H,1-2,13-14H2,(H,19,20,21);3-7H,1-2H2;1-5,9H;1-4H2;1-2H2,(H,4,5,6);;;;;;/q2*-1;;;;4*+1;;/p-2/b4-3+;;;;;;;;;;. The Morgan fingerprint density at radius 1 is 0.559 bits per heavy atom. The first-order chi connectivity index (χ1) is 30.2. The molecule has 1 saturated heterocycles. The summed E-state index contributed by atoms with van der Waals surface area (Å²) in [6.07, 6.45) is 8.00. The number of carbonyl (C=O) groups is 2. The number of carbonyl (C=O) groups excluding carboxylic acids is 2. The molecular weight excluding hydrogens is 1080 g/mol. The van der Waals surface area contributed by atoms with Crippen LogP contribution in [-0.4, -0.2) is 119 Å². The topological polar surface area (TPSA) is 308 Å². The van der Waals surface area contributed by atoms with Crippen LogP contribution in [0.25, 0.3) is 12.2 Å². The SMILES string of the molecule is C1CCOC1.O=Cc1ccc(O)cc1.O=S(=O)([O-])CCBr.O=S(=O)=O.O=S(=O)=O.[CH2-]COc1ccc(/C=C/c2ccc(OCCS(=O)(=O)[O-])cc2)cc1.[CH2-]COc1ccc(C=O)cc1.[Na+].[Na+].[Na+].[Na+]. The molecule has 0 spiro atoms. The molecule has 1 fully saturated rings. The van der Waals surface area contributed by atoms with Crippen LogP contribution < -0.4 is 132 Å². The molecule has 0 saturated carbocycles. The van der Waals surface area contributed by atoms with E-state index in [9.17, 15) is 35.5 Å². The molecule has 1 heterocycles. The van der Waals surface area contributed by atoms with Crippen LogP contribution in [-0.2, 0) is 46.2 Å². The van der Waals surface area contributed by atoms with Gasteiger partial charge in [0, 0.05) is 35.4 Å². The van der Waals surface area contributed by atoms with Crippen molar-refractivity contribution in [2.45, 2.75) is 12.8 Å². The second-order valence-corrected chi connectivity index (χ2v) is 16.0. The van der Waals surface area contributed by atoms with Crippen molar-refractivity contribution in [3.05, 3.63) is 133 Å². The van der Waals surface area contributed by atoms with Gasteiger partial charge >= 0.3 is 139 Å². The Morgan fingerprint density at radius 2 is 0.853 bits per heavy atom. The number of ether oxygens (including phenoxy) is 4. The first-order valence-electron chi connectivity index (χ1n) is 17.9. The summed E-state index contributed by atoms with van der Waals surface area (Å²) in [4.78, 5) is 20.3. The van der Waals surface area contributed by atoms with Crippen molar-refractivity contribution in [3.8, 4) is 23.0 Å². The van der Waals surface area contributed by atoms with Crippen LogP contribution in [0, 0.1) is 13.8 Å². The molecule has 1 N–H and O–H groups in total. The number of benzene rings is 4. The Morgan fingerprint density at radius 3 is 1.09 bits per heavy atom. The second kappa shape index (κ2) is 49.2. The predicted octanol–water partition coefficient (Wildman–Crippen LogP) is -7.36. The third-order valence-electron chi connectivity index (χ3n) is 6.57. The third-order valence-corrected chi connectivity index (χ3v) is 8.86. The number of aromatic hydroxyl groups is 1. The number of phenols is 1. The van der Waals surface area contributed by atoms with Crippen LogP contribution in [0.2, 0.25) is 0 Å². The normalized spacial score (nSPS) is 10.4. The molecular formula is C40H45BrNa4O19S4. The van der Waals surface area contributed by atoms with Gasteiger partial charge < -0.3 is 47.0 Å². The number of phenolic OH excluding ortho intramolecular Hbond substituents is 1. The summed E-state index contributed by atoms with van der Waals surface area (Å²) in [6, 6.07) is 27.8. The molecule has 0 bridgehead atoms. The van der Waals surface area contributed by atoms with E-state index in [0.717, 1.165) is 48.4 Å². The number of hydrogen-bond acceptors (Lipinski definition) is 19. The number of hydrogen-bond donors (Lipinski definition) is 1. The fourth-order valence-corrected chi connectivity index (χ4v) is 5.51. The molecule has 354 valence electrons. The Hall–Kier alpha value is -1.34. The van der Waals surface area contributed by atoms with Gasteiger partial charge in [0.2, 0.25) is 0 Å². The van der Waals surface area contributed by atoms with Gasteiger partial charge in [0.1, 0.15) is 42.2 Å². The number of aldehydes is 2. The minimum absolute atomic E-state index is 0. The van der Waals surface area contributed by atoms with E-state index < -0.39 is 47.2 Å². The van der Waals surface area contributed by atoms with E-state index >= 15 is 0 Å². The predicted molar refractivity (Wildman–Crippen MR) is 237 cm³/mol. The molecule has 19 nitrogen and oxygen atoms in total. The molecule has 1 aliphatic rings. The van der Waals surface area contributed by atoms with Crippen molar-refractivity contribution in [2.24, 2.45) is 0 Å². The molecule has 0 radical (unpaired) electrons. The van der Waals surface area contributed by atoms with Gasteiger partial charge in [-0.1, -0.05) is 52.3 Å². The van der Waals surface area contributed by atoms with Gasteiger partial charge in [-0.3, -0.25) is 9.59 Å². The largest absolute Gasteiger partial charge is 1.00 e. The van der Waals surface area contributed by atoms with E-state index in [1.807, 2.05) is 48.6 Å². The first kappa shape index (κ1) is 78.1. The van der Waals surface area contributed by atoms with Crippen molar-refractivity contribution >= 4 is 82.1 Å². The van der Waals surface area contributed by atoms with E-state index in [1.165, 1.54) is 25.0 Å². The summed E-state index contributed by atoms with van der Waals surface area (Å²) in [6.45, 7) is 9.80. The summed E-state index contributed by atoms with van der Waals surface area (Å²) in [5.74, 6) is 1.36. The molecule has 1 aliphatic heterocycles. The average molecular weight is 1130 g/mol. The third kappa shape index (κ3) is 54.0. The molecule has 0 atom stereocenters. The van der Waals surface area contributed by atoms with Gasteiger partial charge in [0.05, 0.1) is 26.0 Å². The molecule has 4 aromatic rings. The van der Waals surface area contributed by atoms with Crippen molar-refractivity contribution in [1.29, 1.82) is 0 Å². The minimum atomic E-state index is -4.25. The summed E-state index contributed by atoms with van der Waals surface area (Å²) in [5, 5.41) is 8.96. The Balaban J connectivity index is -0.000000184. The van der Waals surface area contributed by atoms with Gasteiger partial charge in [-0.2, -0.15) is 0 Å². The van der Waals surface area contributed by atoms with E-state index in [1.54, 1.807) is 48.5 Å². The van der Waals surface area contributed by atoms with Gasteiger partial charge in [-0.15, -0.1) is 25.3 Å². The number of alkyl halides is 1. The maximum absolute atomic E-state index is 10.5. The van der Waals surface area contributed by atoms with Crippen LogP contribution in [0.4, 0.5) is 0 Å². The van der Waals surface area contributed by atoms with Gasteiger partial charge in [0.25, 0.3) is 0 Å². The maximum atomic E-state index is 10.5. The summed E-state index contributed by atoms with van der Waals surface area (Å²) >= 11 is 2.81. The van der Waals surface area contributed by atoms with Gasteiger partial charge in [0.15, 0.2) is 0 Å². The smallest absolute Gasteiger partial charge is 0.748 e. The molecule has 0 amide bonds. The molecule has 0 unspecified atom stereocenters. The van der Waals surface area contributed by atoms with E-state index in [2.05, 4.69) is 29.8 Å². The van der Waals surface area contributed by atoms with Crippen molar-refractivity contribution < 1.29 is 203 Å². The zero-order valence-corrected chi connectivity index (χ0v) is 50.7. The zero-order chi connectivity index (χ0) is 48.8. The molecule has 68 heavy (non-hydrogen) atoms. The zero-order valence-electron chi connectivity index (χ0n) is 37.8. The number of halogens is 1. The molecule has 5 rings (SSSR count). The molecule has 0 aromatic heterocycles. The van der Waals surface area contributed by atoms with Crippen LogP contribution in [0.3, 0.4) is 0 Å². The maximum Gasteiger partial charge on any atom is 1.00 e. The van der Waals surface area contributed by atoms with Crippen LogP contribution in [0.5, 0.6) is 23.0 Å². The summed E-state index contributed by atoms with van der Waals surface area (Å²) in [7, 11) is -14.4. The summed E-state index contributed by atoms with van der Waals surface area (Å²) < 4.78 is 132. The molecule has 0 aliphatic carbocycles. The second-order valence-electron chi connectivity index (χ2n) is 11.4. The summed E-state index contributed by atoms with van der Waals surface area (Å²) in [5.41, 5.74) is 3.23. The van der Waals surface area contributed by atoms with Crippen LogP contribution in [0.1, 0.15) is 44.7 Å². The Kier molecular flexibility index (Phi) is 56.6. The van der Waals surface area contributed by atoms with E-state index in [4.69, 9.17) is 49.3 Å². The quantitative estimate of drug-likeness (QED) is 0.0306. The number of rotatable bonds is 14. The Bertz CT molecular complexity index is 2330. The monoisotopic (exact) mass is 1130 g/mol.